The third-order valence-corrected chi connectivity index (χ3v) is 5.51. The molecule has 5 heteroatoms. The van der Waals surface area contributed by atoms with Crippen LogP contribution in [0.2, 0.25) is 0 Å². The van der Waals surface area contributed by atoms with Crippen molar-refractivity contribution in [2.75, 3.05) is 26.2 Å². The first-order chi connectivity index (χ1) is 13.0. The zero-order valence-corrected chi connectivity index (χ0v) is 16.2. The van der Waals surface area contributed by atoms with Gasteiger partial charge in [-0.1, -0.05) is 18.2 Å². The summed E-state index contributed by atoms with van der Waals surface area (Å²) in [4.78, 5) is 19.8. The number of aryl methyl sites for hydroxylation is 3. The molecule has 1 amide bonds. The van der Waals surface area contributed by atoms with E-state index in [0.29, 0.717) is 6.42 Å². The topological polar surface area (TPSA) is 49.6 Å². The molecule has 0 unspecified atom stereocenters. The number of fused-ring (bicyclic) bond motifs is 1. The van der Waals surface area contributed by atoms with Crippen molar-refractivity contribution >= 4 is 11.6 Å². The van der Waals surface area contributed by atoms with Crippen LogP contribution in [0.4, 0.5) is 0 Å². The number of benzene rings is 1. The van der Waals surface area contributed by atoms with E-state index in [0.717, 1.165) is 54.3 Å². The molecule has 0 spiro atoms. The Bertz CT molecular complexity index is 999. The maximum absolute atomic E-state index is 13.0. The summed E-state index contributed by atoms with van der Waals surface area (Å²) in [6.45, 7) is 9.56. The molecule has 27 heavy (non-hydrogen) atoms. The second kappa shape index (κ2) is 7.16. The molecule has 5 nitrogen and oxygen atoms in total. The summed E-state index contributed by atoms with van der Waals surface area (Å²) in [6, 6.07) is 10.5. The number of pyridine rings is 1. The first-order valence-corrected chi connectivity index (χ1v) is 9.57. The highest BCUT2D eigenvalue weighted by atomic mass is 16.2. The van der Waals surface area contributed by atoms with Gasteiger partial charge in [-0.15, -0.1) is 0 Å². The van der Waals surface area contributed by atoms with Crippen molar-refractivity contribution in [3.63, 3.8) is 0 Å². The quantitative estimate of drug-likeness (QED) is 0.779. The number of nitrogens with one attached hydrogen (secondary N) is 1. The van der Waals surface area contributed by atoms with E-state index in [1.807, 2.05) is 17.2 Å². The third-order valence-electron chi connectivity index (χ3n) is 5.51. The fourth-order valence-corrected chi connectivity index (χ4v) is 3.71. The Balaban J connectivity index is 1.80. The molecule has 1 aromatic carbocycles. The van der Waals surface area contributed by atoms with Gasteiger partial charge in [0.1, 0.15) is 5.65 Å². The first-order valence-electron chi connectivity index (χ1n) is 9.57. The molecular weight excluding hydrogens is 336 g/mol. The number of imidazole rings is 1. The van der Waals surface area contributed by atoms with Crippen LogP contribution in [-0.2, 0) is 11.2 Å². The lowest BCUT2D eigenvalue weighted by atomic mass is 10.0. The molecule has 0 radical (unpaired) electrons. The second-order valence-corrected chi connectivity index (χ2v) is 7.40. The molecule has 1 aliphatic rings. The second-order valence-electron chi connectivity index (χ2n) is 7.40. The van der Waals surface area contributed by atoms with Gasteiger partial charge in [-0.05, 0) is 49.6 Å². The maximum atomic E-state index is 13.0. The van der Waals surface area contributed by atoms with Crippen LogP contribution in [0.15, 0.2) is 36.5 Å². The largest absolute Gasteiger partial charge is 0.340 e. The Morgan fingerprint density at radius 2 is 1.85 bits per heavy atom. The monoisotopic (exact) mass is 362 g/mol. The molecule has 1 N–H and O–H groups in total. The Morgan fingerprint density at radius 1 is 1.07 bits per heavy atom. The van der Waals surface area contributed by atoms with Gasteiger partial charge in [0.05, 0.1) is 17.8 Å². The lowest BCUT2D eigenvalue weighted by Crippen LogP contribution is -2.47. The SMILES string of the molecule is Cc1ccc(-c2nc3c(C)cccn3c2CC(=O)N2CCNCC2)cc1C. The average Bonchev–Trinajstić information content (AvgIpc) is 3.04. The summed E-state index contributed by atoms with van der Waals surface area (Å²) in [5.41, 5.74) is 7.50. The van der Waals surface area contributed by atoms with Crippen molar-refractivity contribution < 1.29 is 4.79 Å². The van der Waals surface area contributed by atoms with Gasteiger partial charge in [-0.25, -0.2) is 4.98 Å². The molecule has 0 bridgehead atoms. The van der Waals surface area contributed by atoms with Crippen molar-refractivity contribution in [1.82, 2.24) is 19.6 Å². The minimum Gasteiger partial charge on any atom is -0.340 e. The zero-order chi connectivity index (χ0) is 19.0. The Hall–Kier alpha value is -2.66. The number of amides is 1. The molecule has 0 saturated carbocycles. The van der Waals surface area contributed by atoms with Gasteiger partial charge < -0.3 is 14.6 Å². The number of nitrogens with zero attached hydrogens (tertiary/aromatic N) is 3. The lowest BCUT2D eigenvalue weighted by molar-refractivity contribution is -0.131. The summed E-state index contributed by atoms with van der Waals surface area (Å²) in [7, 11) is 0. The van der Waals surface area contributed by atoms with Crippen LogP contribution in [-0.4, -0.2) is 46.4 Å². The molecule has 1 aliphatic heterocycles. The van der Waals surface area contributed by atoms with Crippen LogP contribution in [0.5, 0.6) is 0 Å². The molecule has 1 saturated heterocycles. The molecule has 0 atom stereocenters. The number of aromatic nitrogens is 2. The van der Waals surface area contributed by atoms with E-state index in [4.69, 9.17) is 4.98 Å². The van der Waals surface area contributed by atoms with Crippen molar-refractivity contribution in [3.8, 4) is 11.3 Å². The fourth-order valence-electron chi connectivity index (χ4n) is 3.71. The zero-order valence-electron chi connectivity index (χ0n) is 16.2. The minimum atomic E-state index is 0.171. The minimum absolute atomic E-state index is 0.171. The normalized spacial score (nSPS) is 14.7. The predicted octanol–water partition coefficient (Wildman–Crippen LogP) is 2.90. The number of rotatable bonds is 3. The number of hydrogen-bond donors (Lipinski definition) is 1. The van der Waals surface area contributed by atoms with Crippen LogP contribution in [0.1, 0.15) is 22.4 Å². The standard InChI is InChI=1S/C22H26N4O/c1-15-6-7-18(13-17(15)3)21-19(14-20(27)25-11-8-23-9-12-25)26-10-4-5-16(2)22(26)24-21/h4-7,10,13,23H,8-9,11-12,14H2,1-3H3. The van der Waals surface area contributed by atoms with E-state index in [9.17, 15) is 4.79 Å². The summed E-state index contributed by atoms with van der Waals surface area (Å²) in [5.74, 6) is 0.171. The third kappa shape index (κ3) is 3.35. The van der Waals surface area contributed by atoms with Crippen molar-refractivity contribution in [2.24, 2.45) is 0 Å². The van der Waals surface area contributed by atoms with E-state index in [2.05, 4.69) is 54.8 Å². The summed E-state index contributed by atoms with van der Waals surface area (Å²) < 4.78 is 2.08. The highest BCUT2D eigenvalue weighted by Crippen LogP contribution is 2.28. The van der Waals surface area contributed by atoms with Gasteiger partial charge in [0.25, 0.3) is 0 Å². The van der Waals surface area contributed by atoms with Gasteiger partial charge in [0.2, 0.25) is 5.91 Å². The molecule has 0 aliphatic carbocycles. The van der Waals surface area contributed by atoms with E-state index in [1.54, 1.807) is 0 Å². The van der Waals surface area contributed by atoms with Gasteiger partial charge in [0.15, 0.2) is 0 Å². The van der Waals surface area contributed by atoms with E-state index in [1.165, 1.54) is 11.1 Å². The molecule has 4 rings (SSSR count). The molecule has 1 fully saturated rings. The van der Waals surface area contributed by atoms with E-state index < -0.39 is 0 Å². The van der Waals surface area contributed by atoms with E-state index >= 15 is 0 Å². The summed E-state index contributed by atoms with van der Waals surface area (Å²) in [5, 5.41) is 3.30. The Labute approximate surface area is 160 Å². The Morgan fingerprint density at radius 3 is 2.59 bits per heavy atom. The van der Waals surface area contributed by atoms with Crippen LogP contribution >= 0.6 is 0 Å². The lowest BCUT2D eigenvalue weighted by Gasteiger charge is -2.27. The van der Waals surface area contributed by atoms with Crippen molar-refractivity contribution in [2.45, 2.75) is 27.2 Å². The van der Waals surface area contributed by atoms with Crippen LogP contribution in [0.3, 0.4) is 0 Å². The van der Waals surface area contributed by atoms with Gasteiger partial charge in [-0.3, -0.25) is 4.79 Å². The number of carbonyl (C=O) groups is 1. The molecular formula is C22H26N4O. The number of piperazine rings is 1. The van der Waals surface area contributed by atoms with Gasteiger partial charge in [-0.2, -0.15) is 0 Å². The molecule has 140 valence electrons. The Kier molecular flexibility index (Phi) is 4.70. The van der Waals surface area contributed by atoms with E-state index in [-0.39, 0.29) is 5.91 Å². The maximum Gasteiger partial charge on any atom is 0.228 e. The average molecular weight is 362 g/mol. The summed E-state index contributed by atoms with van der Waals surface area (Å²) in [6.07, 6.45) is 2.38. The summed E-state index contributed by atoms with van der Waals surface area (Å²) >= 11 is 0. The smallest absolute Gasteiger partial charge is 0.228 e. The van der Waals surface area contributed by atoms with Gasteiger partial charge >= 0.3 is 0 Å². The molecule has 2 aromatic heterocycles. The predicted molar refractivity (Wildman–Crippen MR) is 108 cm³/mol. The van der Waals surface area contributed by atoms with Crippen molar-refractivity contribution in [1.29, 1.82) is 0 Å². The number of carbonyl (C=O) groups excluding carboxylic acids is 1. The molecule has 3 heterocycles. The highest BCUT2D eigenvalue weighted by molar-refractivity contribution is 5.82. The fraction of sp³-hybridized carbons (Fsp3) is 0.364. The van der Waals surface area contributed by atoms with Crippen LogP contribution in [0.25, 0.3) is 16.9 Å². The van der Waals surface area contributed by atoms with Crippen LogP contribution < -0.4 is 5.32 Å². The van der Waals surface area contributed by atoms with Crippen molar-refractivity contribution in [3.05, 3.63) is 58.9 Å². The highest BCUT2D eigenvalue weighted by Gasteiger charge is 2.22. The van der Waals surface area contributed by atoms with Crippen LogP contribution in [0, 0.1) is 20.8 Å². The first kappa shape index (κ1) is 17.7. The number of hydrogen-bond acceptors (Lipinski definition) is 3. The molecule has 3 aromatic rings. The van der Waals surface area contributed by atoms with Gasteiger partial charge in [0, 0.05) is 37.9 Å².